The van der Waals surface area contributed by atoms with Crippen LogP contribution in [0.1, 0.15) is 40.9 Å². The van der Waals surface area contributed by atoms with E-state index in [1.54, 1.807) is 19.2 Å². The standard InChI is InChI=1S/C26H35Cl2N5O4S/c1-17-24(30-16-31-25(17)29-13-18-4-5-21(27)22(28)12-18)26(34)32-10-7-20(8-11-32)33-9-6-19(15-38(3,35)36)23(14-33)37-2/h4-5,12,16,19-20,23H,6-11,13-15H2,1-3H3,(H,29,30,31)/t19-,23+/m0/s1. The minimum atomic E-state index is -3.05. The van der Waals surface area contributed by atoms with E-state index in [2.05, 4.69) is 20.2 Å². The van der Waals surface area contributed by atoms with Crippen molar-refractivity contribution >= 4 is 44.8 Å². The van der Waals surface area contributed by atoms with E-state index in [1.165, 1.54) is 12.6 Å². The number of rotatable bonds is 8. The third-order valence-electron chi connectivity index (χ3n) is 7.55. The number of carbonyl (C=O) groups is 1. The number of methoxy groups -OCH3 is 1. The lowest BCUT2D eigenvalue weighted by atomic mass is 9.92. The molecule has 38 heavy (non-hydrogen) atoms. The monoisotopic (exact) mass is 583 g/mol. The van der Waals surface area contributed by atoms with Crippen LogP contribution in [0.15, 0.2) is 24.5 Å². The van der Waals surface area contributed by atoms with E-state index in [1.807, 2.05) is 17.9 Å². The number of hydrogen-bond acceptors (Lipinski definition) is 8. The number of carbonyl (C=O) groups excluding carboxylic acids is 1. The number of halogens is 2. The minimum Gasteiger partial charge on any atom is -0.380 e. The largest absolute Gasteiger partial charge is 0.380 e. The van der Waals surface area contributed by atoms with Crippen LogP contribution in [0.2, 0.25) is 10.0 Å². The van der Waals surface area contributed by atoms with Gasteiger partial charge in [-0.1, -0.05) is 29.3 Å². The molecule has 1 aromatic heterocycles. The number of benzene rings is 1. The topological polar surface area (TPSA) is 105 Å². The summed E-state index contributed by atoms with van der Waals surface area (Å²) in [5.74, 6) is 0.692. The number of nitrogens with zero attached hydrogens (tertiary/aromatic N) is 4. The van der Waals surface area contributed by atoms with Crippen LogP contribution >= 0.6 is 23.2 Å². The van der Waals surface area contributed by atoms with Crippen molar-refractivity contribution in [1.29, 1.82) is 0 Å². The molecule has 0 aliphatic carbocycles. The zero-order valence-electron chi connectivity index (χ0n) is 22.0. The van der Waals surface area contributed by atoms with Gasteiger partial charge in [-0.15, -0.1) is 0 Å². The molecule has 2 aromatic rings. The van der Waals surface area contributed by atoms with Gasteiger partial charge in [-0.25, -0.2) is 18.4 Å². The van der Waals surface area contributed by atoms with Crippen molar-refractivity contribution in [2.45, 2.75) is 44.9 Å². The maximum Gasteiger partial charge on any atom is 0.272 e. The lowest BCUT2D eigenvalue weighted by Gasteiger charge is -2.44. The first-order valence-corrected chi connectivity index (χ1v) is 15.6. The molecular weight excluding hydrogens is 549 g/mol. The summed E-state index contributed by atoms with van der Waals surface area (Å²) in [6.45, 7) is 5.17. The molecular formula is C26H35Cl2N5O4S. The van der Waals surface area contributed by atoms with Gasteiger partial charge in [0, 0.05) is 57.1 Å². The summed E-state index contributed by atoms with van der Waals surface area (Å²) in [5.41, 5.74) is 2.05. The van der Waals surface area contributed by atoms with Crippen LogP contribution < -0.4 is 5.32 Å². The van der Waals surface area contributed by atoms with Crippen LogP contribution in [-0.4, -0.2) is 91.5 Å². The highest BCUT2D eigenvalue weighted by Gasteiger charge is 2.36. The molecule has 2 fully saturated rings. The Morgan fingerprint density at radius 3 is 2.53 bits per heavy atom. The number of hydrogen-bond donors (Lipinski definition) is 1. The van der Waals surface area contributed by atoms with Crippen molar-refractivity contribution in [1.82, 2.24) is 19.8 Å². The molecule has 2 aliphatic heterocycles. The number of anilines is 1. The third-order valence-corrected chi connectivity index (χ3v) is 9.32. The molecule has 2 saturated heterocycles. The lowest BCUT2D eigenvalue weighted by molar-refractivity contribution is -0.0265. The third kappa shape index (κ3) is 7.15. The first kappa shape index (κ1) is 29.0. The normalized spacial score (nSPS) is 21.4. The van der Waals surface area contributed by atoms with Crippen molar-refractivity contribution in [2.75, 3.05) is 50.6 Å². The van der Waals surface area contributed by atoms with Crippen molar-refractivity contribution in [3.05, 3.63) is 51.4 Å². The molecule has 1 aromatic carbocycles. The molecule has 4 rings (SSSR count). The van der Waals surface area contributed by atoms with Crippen molar-refractivity contribution in [3.8, 4) is 0 Å². The fraction of sp³-hybridized carbons (Fsp3) is 0.577. The number of aromatic nitrogens is 2. The van der Waals surface area contributed by atoms with Crippen LogP contribution in [-0.2, 0) is 21.1 Å². The Labute approximate surface area is 234 Å². The van der Waals surface area contributed by atoms with Crippen molar-refractivity contribution in [3.63, 3.8) is 0 Å². The summed E-state index contributed by atoms with van der Waals surface area (Å²) >= 11 is 12.1. The van der Waals surface area contributed by atoms with E-state index < -0.39 is 9.84 Å². The second-order valence-electron chi connectivity index (χ2n) is 10.2. The van der Waals surface area contributed by atoms with Crippen LogP contribution in [0.5, 0.6) is 0 Å². The first-order chi connectivity index (χ1) is 18.1. The van der Waals surface area contributed by atoms with Gasteiger partial charge in [0.05, 0.1) is 21.9 Å². The molecule has 9 nitrogen and oxygen atoms in total. The van der Waals surface area contributed by atoms with Gasteiger partial charge in [0.15, 0.2) is 0 Å². The van der Waals surface area contributed by atoms with E-state index in [9.17, 15) is 13.2 Å². The minimum absolute atomic E-state index is 0.0214. The second kappa shape index (κ2) is 12.5. The molecule has 0 unspecified atom stereocenters. The molecule has 2 aliphatic rings. The molecule has 12 heteroatoms. The van der Waals surface area contributed by atoms with Crippen LogP contribution in [0, 0.1) is 12.8 Å². The maximum atomic E-state index is 13.4. The number of nitrogens with one attached hydrogen (secondary N) is 1. The quantitative estimate of drug-likeness (QED) is 0.501. The molecule has 1 amide bonds. The van der Waals surface area contributed by atoms with Crippen LogP contribution in [0.4, 0.5) is 5.82 Å². The van der Waals surface area contributed by atoms with Crippen LogP contribution in [0.3, 0.4) is 0 Å². The number of sulfone groups is 1. The fourth-order valence-electron chi connectivity index (χ4n) is 5.43. The predicted octanol–water partition coefficient (Wildman–Crippen LogP) is 3.69. The second-order valence-corrected chi connectivity index (χ2v) is 13.2. The smallest absolute Gasteiger partial charge is 0.272 e. The highest BCUT2D eigenvalue weighted by Crippen LogP contribution is 2.28. The number of likely N-dealkylation sites (tertiary alicyclic amines) is 2. The highest BCUT2D eigenvalue weighted by molar-refractivity contribution is 7.90. The maximum absolute atomic E-state index is 13.4. The number of amides is 1. The summed E-state index contributed by atoms with van der Waals surface area (Å²) < 4.78 is 29.3. The Hall–Kier alpha value is -1.98. The van der Waals surface area contributed by atoms with Gasteiger partial charge in [-0.3, -0.25) is 9.69 Å². The van der Waals surface area contributed by atoms with Gasteiger partial charge in [0.1, 0.15) is 27.7 Å². The fourth-order valence-corrected chi connectivity index (χ4v) is 6.91. The molecule has 0 saturated carbocycles. The first-order valence-electron chi connectivity index (χ1n) is 12.8. The molecule has 1 N–H and O–H groups in total. The number of piperidine rings is 2. The van der Waals surface area contributed by atoms with E-state index in [-0.39, 0.29) is 23.7 Å². The zero-order valence-corrected chi connectivity index (χ0v) is 24.3. The van der Waals surface area contributed by atoms with Gasteiger partial charge in [-0.2, -0.15) is 0 Å². The van der Waals surface area contributed by atoms with Gasteiger partial charge in [0.2, 0.25) is 0 Å². The molecule has 208 valence electrons. The Balaban J connectivity index is 1.33. The summed E-state index contributed by atoms with van der Waals surface area (Å²) in [4.78, 5) is 26.3. The Morgan fingerprint density at radius 1 is 1.13 bits per heavy atom. The molecule has 0 radical (unpaired) electrons. The van der Waals surface area contributed by atoms with E-state index in [4.69, 9.17) is 27.9 Å². The Morgan fingerprint density at radius 2 is 1.87 bits per heavy atom. The van der Waals surface area contributed by atoms with Crippen molar-refractivity contribution < 1.29 is 17.9 Å². The molecule has 0 bridgehead atoms. The Bertz CT molecular complexity index is 1250. The van der Waals surface area contributed by atoms with E-state index in [0.717, 1.165) is 31.4 Å². The molecule has 2 atom stereocenters. The summed E-state index contributed by atoms with van der Waals surface area (Å²) in [7, 11) is -1.39. The molecule has 3 heterocycles. The van der Waals surface area contributed by atoms with Gasteiger partial charge < -0.3 is 15.0 Å². The molecule has 0 spiro atoms. The van der Waals surface area contributed by atoms with Gasteiger partial charge in [-0.05, 0) is 50.4 Å². The average molecular weight is 585 g/mol. The summed E-state index contributed by atoms with van der Waals surface area (Å²) in [6, 6.07) is 5.77. The average Bonchev–Trinajstić information content (AvgIpc) is 2.89. The van der Waals surface area contributed by atoms with Crippen molar-refractivity contribution in [2.24, 2.45) is 5.92 Å². The highest BCUT2D eigenvalue weighted by atomic mass is 35.5. The predicted molar refractivity (Wildman–Crippen MR) is 150 cm³/mol. The number of ether oxygens (including phenoxy) is 1. The van der Waals surface area contributed by atoms with Gasteiger partial charge in [0.25, 0.3) is 5.91 Å². The SMILES string of the molecule is CO[C@@H]1CN(C2CCN(C(=O)c3ncnc(NCc4ccc(Cl)c(Cl)c4)c3C)CC2)CC[C@H]1CS(C)(=O)=O. The zero-order chi connectivity index (χ0) is 27.4. The Kier molecular flexibility index (Phi) is 9.52. The van der Waals surface area contributed by atoms with Crippen LogP contribution in [0.25, 0.3) is 0 Å². The lowest BCUT2D eigenvalue weighted by Crippen LogP contribution is -2.53. The van der Waals surface area contributed by atoms with E-state index in [0.29, 0.717) is 59.3 Å². The summed E-state index contributed by atoms with van der Waals surface area (Å²) in [5, 5.41) is 4.26. The van der Waals surface area contributed by atoms with E-state index >= 15 is 0 Å². The summed E-state index contributed by atoms with van der Waals surface area (Å²) in [6.07, 6.45) is 5.10. The van der Waals surface area contributed by atoms with Gasteiger partial charge >= 0.3 is 0 Å².